The number of hydrogen-bond donors (Lipinski definition) is 0. The van der Waals surface area contributed by atoms with Crippen molar-refractivity contribution in [3.8, 4) is 0 Å². The van der Waals surface area contributed by atoms with E-state index in [2.05, 4.69) is 32.8 Å². The van der Waals surface area contributed by atoms with Gasteiger partial charge in [-0.05, 0) is 6.42 Å². The molecule has 0 radical (unpaired) electrons. The van der Waals surface area contributed by atoms with E-state index in [4.69, 9.17) is 4.74 Å². The Hall–Kier alpha value is -0.833. The van der Waals surface area contributed by atoms with Crippen LogP contribution in [-0.2, 0) is 9.53 Å². The number of methoxy groups -OCH3 is 1. The third-order valence-corrected chi connectivity index (χ3v) is 6.85. The van der Waals surface area contributed by atoms with E-state index in [-0.39, 0.29) is 5.97 Å². The Morgan fingerprint density at radius 1 is 1.47 bits per heavy atom. The molecule has 0 fully saturated rings. The van der Waals surface area contributed by atoms with Gasteiger partial charge in [-0.2, -0.15) is 0 Å². The smallest absolute Gasteiger partial charge is 0.309 e. The van der Waals surface area contributed by atoms with E-state index in [9.17, 15) is 4.79 Å². The summed E-state index contributed by atoms with van der Waals surface area (Å²) in [7, 11) is -0.215. The number of ether oxygens (including phenoxy) is 1. The summed E-state index contributed by atoms with van der Waals surface area (Å²) in [5.41, 5.74) is 0.894. The van der Waals surface area contributed by atoms with Gasteiger partial charge in [0.2, 0.25) is 0 Å². The Morgan fingerprint density at radius 3 is 2.20 bits per heavy atom. The van der Waals surface area contributed by atoms with E-state index in [1.807, 2.05) is 6.92 Å². The van der Waals surface area contributed by atoms with Gasteiger partial charge in [-0.3, -0.25) is 4.79 Å². The summed E-state index contributed by atoms with van der Waals surface area (Å²) in [6, 6.07) is 0. The molecule has 1 atom stereocenters. The fraction of sp³-hybridized carbons (Fsp3) is 0.583. The lowest BCUT2D eigenvalue weighted by Gasteiger charge is -2.38. The SMILES string of the molecule is C=CC(=C)CC(C)(C(=O)OC)[Si](C)(C)C. The Kier molecular flexibility index (Phi) is 4.53. The van der Waals surface area contributed by atoms with Gasteiger partial charge in [0.15, 0.2) is 0 Å². The highest BCUT2D eigenvalue weighted by atomic mass is 28.3. The summed E-state index contributed by atoms with van der Waals surface area (Å²) in [5.74, 6) is -0.135. The quantitative estimate of drug-likeness (QED) is 0.408. The summed E-state index contributed by atoms with van der Waals surface area (Å²) in [4.78, 5) is 11.9. The van der Waals surface area contributed by atoms with Crippen molar-refractivity contribution in [2.24, 2.45) is 0 Å². The predicted octanol–water partition coefficient (Wildman–Crippen LogP) is 3.39. The lowest BCUT2D eigenvalue weighted by atomic mass is 10.0. The number of hydrogen-bond acceptors (Lipinski definition) is 2. The van der Waals surface area contributed by atoms with Crippen molar-refractivity contribution in [3.63, 3.8) is 0 Å². The summed E-state index contributed by atoms with van der Waals surface area (Å²) in [6.45, 7) is 16.0. The van der Waals surface area contributed by atoms with Gasteiger partial charge in [0.05, 0.1) is 20.2 Å². The topological polar surface area (TPSA) is 26.3 Å². The van der Waals surface area contributed by atoms with Gasteiger partial charge in [0.25, 0.3) is 0 Å². The normalized spacial score (nSPS) is 15.3. The third-order valence-electron chi connectivity index (χ3n) is 3.16. The largest absolute Gasteiger partial charge is 0.469 e. The highest BCUT2D eigenvalue weighted by Gasteiger charge is 2.46. The molecule has 0 rings (SSSR count). The molecule has 0 saturated heterocycles. The highest BCUT2D eigenvalue weighted by Crippen LogP contribution is 2.44. The lowest BCUT2D eigenvalue weighted by Crippen LogP contribution is -2.44. The molecule has 0 aromatic rings. The van der Waals surface area contributed by atoms with Crippen LogP contribution in [0.3, 0.4) is 0 Å². The lowest BCUT2D eigenvalue weighted by molar-refractivity contribution is -0.144. The van der Waals surface area contributed by atoms with Crippen molar-refractivity contribution in [1.29, 1.82) is 0 Å². The molecular weight excluding hydrogens is 204 g/mol. The average Bonchev–Trinajstić information content (AvgIpc) is 2.14. The van der Waals surface area contributed by atoms with Crippen LogP contribution in [0.1, 0.15) is 13.3 Å². The van der Waals surface area contributed by atoms with Gasteiger partial charge in [0, 0.05) is 0 Å². The van der Waals surface area contributed by atoms with Crippen molar-refractivity contribution in [1.82, 2.24) is 0 Å². The maximum atomic E-state index is 11.9. The molecule has 0 aliphatic carbocycles. The van der Waals surface area contributed by atoms with Crippen molar-refractivity contribution >= 4 is 14.0 Å². The Labute approximate surface area is 94.0 Å². The minimum absolute atomic E-state index is 0.135. The van der Waals surface area contributed by atoms with E-state index in [0.29, 0.717) is 6.42 Å². The zero-order valence-corrected chi connectivity index (χ0v) is 11.5. The molecule has 3 heteroatoms. The zero-order valence-electron chi connectivity index (χ0n) is 10.5. The summed E-state index contributed by atoms with van der Waals surface area (Å²) in [6.07, 6.45) is 2.35. The fourth-order valence-corrected chi connectivity index (χ4v) is 2.87. The van der Waals surface area contributed by atoms with Crippen molar-refractivity contribution in [2.75, 3.05) is 7.11 Å². The van der Waals surface area contributed by atoms with E-state index >= 15 is 0 Å². The van der Waals surface area contributed by atoms with E-state index in [0.717, 1.165) is 5.57 Å². The molecule has 0 aromatic carbocycles. The molecule has 1 unspecified atom stereocenters. The van der Waals surface area contributed by atoms with Gasteiger partial charge in [-0.1, -0.05) is 51.4 Å². The van der Waals surface area contributed by atoms with Crippen molar-refractivity contribution in [2.45, 2.75) is 38.0 Å². The Bertz CT molecular complexity index is 276. The van der Waals surface area contributed by atoms with Crippen molar-refractivity contribution < 1.29 is 9.53 Å². The first-order valence-corrected chi connectivity index (χ1v) is 8.57. The van der Waals surface area contributed by atoms with Crippen LogP contribution in [0.2, 0.25) is 24.7 Å². The molecule has 0 amide bonds. The molecule has 0 aliphatic rings. The number of carbonyl (C=O) groups excluding carboxylic acids is 1. The van der Waals surface area contributed by atoms with Gasteiger partial charge in [-0.15, -0.1) is 0 Å². The number of carbonyl (C=O) groups is 1. The second kappa shape index (κ2) is 4.79. The van der Waals surface area contributed by atoms with Crippen molar-refractivity contribution in [3.05, 3.63) is 24.8 Å². The molecule has 0 aromatic heterocycles. The number of esters is 1. The highest BCUT2D eigenvalue weighted by molar-refractivity contribution is 6.82. The van der Waals surface area contributed by atoms with Gasteiger partial charge >= 0.3 is 5.97 Å². The van der Waals surface area contributed by atoms with Crippen LogP contribution < -0.4 is 0 Å². The second-order valence-electron chi connectivity index (χ2n) is 5.11. The average molecular weight is 226 g/mol. The Balaban J connectivity index is 5.12. The summed E-state index contributed by atoms with van der Waals surface area (Å²) < 4.78 is 4.91. The number of allylic oxidation sites excluding steroid dienone is 2. The van der Waals surface area contributed by atoms with Crippen LogP contribution in [-0.4, -0.2) is 21.2 Å². The first-order valence-electron chi connectivity index (χ1n) is 5.07. The van der Waals surface area contributed by atoms with E-state index < -0.39 is 13.1 Å². The van der Waals surface area contributed by atoms with Crippen LogP contribution in [0.5, 0.6) is 0 Å². The van der Waals surface area contributed by atoms with Gasteiger partial charge in [-0.25, -0.2) is 0 Å². The monoisotopic (exact) mass is 226 g/mol. The fourth-order valence-electron chi connectivity index (χ4n) is 1.40. The predicted molar refractivity (Wildman–Crippen MR) is 67.7 cm³/mol. The maximum absolute atomic E-state index is 11.9. The molecule has 2 nitrogen and oxygen atoms in total. The molecular formula is C12H22O2Si. The van der Waals surface area contributed by atoms with Crippen LogP contribution >= 0.6 is 0 Å². The van der Waals surface area contributed by atoms with Gasteiger partial charge in [0.1, 0.15) is 0 Å². The molecule has 0 saturated carbocycles. The first-order chi connectivity index (χ1) is 6.69. The zero-order chi connectivity index (χ0) is 12.3. The van der Waals surface area contributed by atoms with Gasteiger partial charge < -0.3 is 4.74 Å². The molecule has 0 aliphatic heterocycles. The molecule has 0 bridgehead atoms. The minimum atomic E-state index is -1.66. The molecule has 86 valence electrons. The standard InChI is InChI=1S/C12H22O2Si/c1-8-10(2)9-12(3,11(13)14-4)15(5,6)7/h8H,1-2,9H2,3-7H3. The van der Waals surface area contributed by atoms with E-state index in [1.165, 1.54) is 7.11 Å². The van der Waals surface area contributed by atoms with E-state index in [1.54, 1.807) is 6.08 Å². The molecule has 0 heterocycles. The summed E-state index contributed by atoms with van der Waals surface area (Å²) >= 11 is 0. The molecule has 15 heavy (non-hydrogen) atoms. The second-order valence-corrected chi connectivity index (χ2v) is 10.7. The van der Waals surface area contributed by atoms with Crippen LogP contribution in [0, 0.1) is 0 Å². The van der Waals surface area contributed by atoms with Crippen LogP contribution in [0.4, 0.5) is 0 Å². The Morgan fingerprint density at radius 2 is 1.93 bits per heavy atom. The molecule has 0 N–H and O–H groups in total. The first kappa shape index (κ1) is 14.2. The van der Waals surface area contributed by atoms with Crippen LogP contribution in [0.15, 0.2) is 24.8 Å². The summed E-state index contributed by atoms with van der Waals surface area (Å²) in [5, 5.41) is -0.424. The third kappa shape index (κ3) is 3.06. The molecule has 0 spiro atoms. The van der Waals surface area contributed by atoms with Crippen LogP contribution in [0.25, 0.3) is 0 Å². The maximum Gasteiger partial charge on any atom is 0.309 e. The minimum Gasteiger partial charge on any atom is -0.469 e. The number of rotatable bonds is 5.